The third kappa shape index (κ3) is 6.35. The molecule has 2 rings (SSSR count). The fourth-order valence-corrected chi connectivity index (χ4v) is 2.33. The Morgan fingerprint density at radius 2 is 1.96 bits per heavy atom. The van der Waals surface area contributed by atoms with Crippen molar-refractivity contribution in [2.45, 2.75) is 20.0 Å². The molecular formula is C19H22FIN4. The Kier molecular flexibility index (Phi) is 8.92. The van der Waals surface area contributed by atoms with Crippen LogP contribution >= 0.6 is 24.0 Å². The smallest absolute Gasteiger partial charge is 0.194 e. The summed E-state index contributed by atoms with van der Waals surface area (Å²) in [5, 5.41) is 12.1. The van der Waals surface area contributed by atoms with E-state index in [1.165, 1.54) is 17.7 Å². The van der Waals surface area contributed by atoms with Crippen LogP contribution in [0.4, 0.5) is 4.39 Å². The topological polar surface area (TPSA) is 51.4 Å². The third-order valence-corrected chi connectivity index (χ3v) is 3.53. The van der Waals surface area contributed by atoms with Crippen LogP contribution in [-0.2, 0) is 13.1 Å². The van der Waals surface area contributed by atoms with E-state index in [9.17, 15) is 4.39 Å². The van der Waals surface area contributed by atoms with Crippen LogP contribution in [-0.4, -0.2) is 24.5 Å². The van der Waals surface area contributed by atoms with Crippen LogP contribution in [0.1, 0.15) is 23.6 Å². The number of rotatable bonds is 5. The molecular weight excluding hydrogens is 430 g/mol. The van der Waals surface area contributed by atoms with Crippen LogP contribution in [0.3, 0.4) is 0 Å². The van der Waals surface area contributed by atoms with Crippen LogP contribution in [0.15, 0.2) is 53.5 Å². The molecule has 132 valence electrons. The zero-order valence-electron chi connectivity index (χ0n) is 14.4. The highest BCUT2D eigenvalue weighted by atomic mass is 127. The summed E-state index contributed by atoms with van der Waals surface area (Å²) in [5.74, 6) is 0.349. The lowest BCUT2D eigenvalue weighted by Crippen LogP contribution is -2.38. The van der Waals surface area contributed by atoms with Gasteiger partial charge in [-0.05, 0) is 30.7 Å². The lowest BCUT2D eigenvalue weighted by Gasteiger charge is -2.22. The quantitative estimate of drug-likeness (QED) is 0.425. The molecule has 0 saturated carbocycles. The minimum absolute atomic E-state index is 0. The SMILES string of the molecule is CCNC(=NCc1cc(C#N)ccc1F)N(C)Cc1ccccc1.I. The Hall–Kier alpha value is -2.14. The summed E-state index contributed by atoms with van der Waals surface area (Å²) in [7, 11) is 1.94. The lowest BCUT2D eigenvalue weighted by molar-refractivity contribution is 0.476. The summed E-state index contributed by atoms with van der Waals surface area (Å²) < 4.78 is 13.9. The minimum Gasteiger partial charge on any atom is -0.357 e. The predicted molar refractivity (Wildman–Crippen MR) is 109 cm³/mol. The zero-order chi connectivity index (χ0) is 17.4. The molecule has 0 aliphatic heterocycles. The second-order valence-corrected chi connectivity index (χ2v) is 5.43. The standard InChI is InChI=1S/C19H21FN4.HI/c1-3-22-19(24(2)14-15-7-5-4-6-8-15)23-13-17-11-16(12-21)9-10-18(17)20;/h4-11H,3,13-14H2,1-2H3,(H,22,23);1H. The van der Waals surface area contributed by atoms with Gasteiger partial charge in [0.25, 0.3) is 0 Å². The van der Waals surface area contributed by atoms with Crippen molar-refractivity contribution in [3.05, 3.63) is 71.0 Å². The number of aliphatic imine (C=N–C) groups is 1. The normalized spacial score (nSPS) is 10.6. The highest BCUT2D eigenvalue weighted by Crippen LogP contribution is 2.12. The zero-order valence-corrected chi connectivity index (χ0v) is 16.7. The van der Waals surface area contributed by atoms with Crippen molar-refractivity contribution in [1.29, 1.82) is 5.26 Å². The molecule has 0 amide bonds. The van der Waals surface area contributed by atoms with E-state index in [1.54, 1.807) is 6.07 Å². The average molecular weight is 452 g/mol. The van der Waals surface area contributed by atoms with Gasteiger partial charge in [0, 0.05) is 25.7 Å². The first-order valence-electron chi connectivity index (χ1n) is 7.86. The van der Waals surface area contributed by atoms with Crippen LogP contribution in [0, 0.1) is 17.1 Å². The molecule has 4 nitrogen and oxygen atoms in total. The van der Waals surface area contributed by atoms with E-state index in [0.29, 0.717) is 23.6 Å². The maximum atomic E-state index is 13.9. The number of nitriles is 1. The molecule has 0 spiro atoms. The number of halogens is 2. The van der Waals surface area contributed by atoms with Crippen molar-refractivity contribution < 1.29 is 4.39 Å². The first-order chi connectivity index (χ1) is 11.6. The highest BCUT2D eigenvalue weighted by molar-refractivity contribution is 14.0. The Morgan fingerprint density at radius 3 is 2.60 bits per heavy atom. The molecule has 0 saturated heterocycles. The van der Waals surface area contributed by atoms with Gasteiger partial charge >= 0.3 is 0 Å². The van der Waals surface area contributed by atoms with E-state index < -0.39 is 0 Å². The number of hydrogen-bond acceptors (Lipinski definition) is 2. The van der Waals surface area contributed by atoms with Gasteiger partial charge < -0.3 is 10.2 Å². The number of hydrogen-bond donors (Lipinski definition) is 1. The highest BCUT2D eigenvalue weighted by Gasteiger charge is 2.08. The molecule has 2 aromatic rings. The molecule has 1 N–H and O–H groups in total. The monoisotopic (exact) mass is 452 g/mol. The van der Waals surface area contributed by atoms with Gasteiger partial charge in [-0.25, -0.2) is 9.38 Å². The average Bonchev–Trinajstić information content (AvgIpc) is 2.60. The van der Waals surface area contributed by atoms with Gasteiger partial charge in [0.05, 0.1) is 18.2 Å². The van der Waals surface area contributed by atoms with E-state index in [2.05, 4.69) is 22.4 Å². The summed E-state index contributed by atoms with van der Waals surface area (Å²) in [5.41, 5.74) is 2.02. The minimum atomic E-state index is -0.348. The molecule has 6 heteroatoms. The van der Waals surface area contributed by atoms with E-state index in [-0.39, 0.29) is 36.3 Å². The van der Waals surface area contributed by atoms with Crippen molar-refractivity contribution in [1.82, 2.24) is 10.2 Å². The molecule has 0 radical (unpaired) electrons. The molecule has 0 bridgehead atoms. The predicted octanol–water partition coefficient (Wildman–Crippen LogP) is 3.91. The summed E-state index contributed by atoms with van der Waals surface area (Å²) in [6.45, 7) is 3.59. The second-order valence-electron chi connectivity index (χ2n) is 5.43. The Bertz CT molecular complexity index is 741. The van der Waals surface area contributed by atoms with Gasteiger partial charge in [-0.1, -0.05) is 30.3 Å². The maximum Gasteiger partial charge on any atom is 0.194 e. The molecule has 0 aliphatic carbocycles. The fraction of sp³-hybridized carbons (Fsp3) is 0.263. The van der Waals surface area contributed by atoms with Crippen molar-refractivity contribution >= 4 is 29.9 Å². The lowest BCUT2D eigenvalue weighted by atomic mass is 10.1. The van der Waals surface area contributed by atoms with Gasteiger partial charge in [-0.3, -0.25) is 0 Å². The van der Waals surface area contributed by atoms with E-state index >= 15 is 0 Å². The molecule has 25 heavy (non-hydrogen) atoms. The number of benzene rings is 2. The molecule has 2 aromatic carbocycles. The van der Waals surface area contributed by atoms with Crippen molar-refractivity contribution in [3.8, 4) is 6.07 Å². The van der Waals surface area contributed by atoms with Crippen LogP contribution in [0.5, 0.6) is 0 Å². The molecule has 0 heterocycles. The van der Waals surface area contributed by atoms with Gasteiger partial charge in [0.2, 0.25) is 0 Å². The van der Waals surface area contributed by atoms with Gasteiger partial charge in [-0.15, -0.1) is 24.0 Å². The first kappa shape index (κ1) is 20.9. The first-order valence-corrected chi connectivity index (χ1v) is 7.86. The van der Waals surface area contributed by atoms with Crippen molar-refractivity contribution in [2.24, 2.45) is 4.99 Å². The fourth-order valence-electron chi connectivity index (χ4n) is 2.33. The largest absolute Gasteiger partial charge is 0.357 e. The molecule has 0 aromatic heterocycles. The number of guanidine groups is 1. The Labute approximate surface area is 165 Å². The van der Waals surface area contributed by atoms with Crippen LogP contribution < -0.4 is 5.32 Å². The summed E-state index contributed by atoms with van der Waals surface area (Å²) in [6.07, 6.45) is 0. The number of nitrogens with zero attached hydrogens (tertiary/aromatic N) is 3. The third-order valence-electron chi connectivity index (χ3n) is 3.53. The van der Waals surface area contributed by atoms with Crippen molar-refractivity contribution in [3.63, 3.8) is 0 Å². The molecule has 0 unspecified atom stereocenters. The maximum absolute atomic E-state index is 13.9. The second kappa shape index (κ2) is 10.7. The van der Waals surface area contributed by atoms with E-state index in [4.69, 9.17) is 5.26 Å². The number of nitrogens with one attached hydrogen (secondary N) is 1. The van der Waals surface area contributed by atoms with Crippen LogP contribution in [0.2, 0.25) is 0 Å². The van der Waals surface area contributed by atoms with E-state index in [1.807, 2.05) is 43.1 Å². The summed E-state index contributed by atoms with van der Waals surface area (Å²) >= 11 is 0. The van der Waals surface area contributed by atoms with Gasteiger partial charge in [0.15, 0.2) is 5.96 Å². The van der Waals surface area contributed by atoms with Crippen LogP contribution in [0.25, 0.3) is 0 Å². The molecule has 0 atom stereocenters. The molecule has 0 fully saturated rings. The molecule has 0 aliphatic rings. The van der Waals surface area contributed by atoms with E-state index in [0.717, 1.165) is 6.54 Å². The van der Waals surface area contributed by atoms with Gasteiger partial charge in [-0.2, -0.15) is 5.26 Å². The Morgan fingerprint density at radius 1 is 1.24 bits per heavy atom. The summed E-state index contributed by atoms with van der Waals surface area (Å²) in [6, 6.07) is 16.4. The van der Waals surface area contributed by atoms with Gasteiger partial charge in [0.1, 0.15) is 5.82 Å². The Balaban J connectivity index is 0.00000312. The summed E-state index contributed by atoms with van der Waals surface area (Å²) in [4.78, 5) is 6.49. The van der Waals surface area contributed by atoms with Crippen molar-refractivity contribution in [2.75, 3.05) is 13.6 Å².